The average Bonchev–Trinajstić information content (AvgIpc) is 2.53. The maximum Gasteiger partial charge on any atom is 0.232 e. The second-order valence-electron chi connectivity index (χ2n) is 5.55. The van der Waals surface area contributed by atoms with Gasteiger partial charge in [-0.15, -0.1) is 0 Å². The number of sulfonamides is 1. The molecule has 0 amide bonds. The smallest absolute Gasteiger partial charge is 0.232 e. The Bertz CT molecular complexity index is 711. The number of hydrogen-bond acceptors (Lipinski definition) is 4. The molecule has 0 fully saturated rings. The first-order valence-corrected chi connectivity index (χ1v) is 9.40. The molecule has 2 aromatic rings. The number of hydrogen-bond donors (Lipinski definition) is 2. The molecule has 6 heteroatoms. The van der Waals surface area contributed by atoms with E-state index in [0.29, 0.717) is 24.5 Å². The molecule has 0 atom stereocenters. The van der Waals surface area contributed by atoms with E-state index in [1.54, 1.807) is 12.1 Å². The van der Waals surface area contributed by atoms with Gasteiger partial charge < -0.3 is 5.32 Å². The molecule has 1 heterocycles. The highest BCUT2D eigenvalue weighted by Crippen LogP contribution is 2.13. The topological polar surface area (TPSA) is 71.1 Å². The van der Waals surface area contributed by atoms with Gasteiger partial charge in [-0.05, 0) is 31.0 Å². The zero-order valence-corrected chi connectivity index (χ0v) is 14.4. The van der Waals surface area contributed by atoms with Gasteiger partial charge in [0.25, 0.3) is 0 Å². The van der Waals surface area contributed by atoms with Crippen LogP contribution in [0.25, 0.3) is 0 Å². The third kappa shape index (κ3) is 5.90. The molecule has 0 saturated heterocycles. The lowest BCUT2D eigenvalue weighted by atomic mass is 10.1. The van der Waals surface area contributed by atoms with Crippen molar-refractivity contribution in [3.05, 3.63) is 53.7 Å². The summed E-state index contributed by atoms with van der Waals surface area (Å²) in [4.78, 5) is 4.24. The minimum atomic E-state index is -3.28. The fourth-order valence-corrected chi connectivity index (χ4v) is 3.27. The summed E-state index contributed by atoms with van der Waals surface area (Å²) in [6.07, 6.45) is 3.03. The molecule has 2 N–H and O–H groups in total. The second-order valence-corrected chi connectivity index (χ2v) is 7.39. The third-order valence-corrected chi connectivity index (χ3v) is 4.77. The molecule has 0 aliphatic carbocycles. The quantitative estimate of drug-likeness (QED) is 0.775. The zero-order valence-electron chi connectivity index (χ0n) is 13.5. The predicted octanol–water partition coefficient (Wildman–Crippen LogP) is 3.54. The predicted molar refractivity (Wildman–Crippen MR) is 95.1 cm³/mol. The van der Waals surface area contributed by atoms with Gasteiger partial charge in [0, 0.05) is 6.54 Å². The molecule has 0 unspecified atom stereocenters. The number of pyridine rings is 1. The summed E-state index contributed by atoms with van der Waals surface area (Å²) in [7, 11) is -3.28. The first kappa shape index (κ1) is 17.3. The van der Waals surface area contributed by atoms with E-state index in [-0.39, 0.29) is 5.75 Å². The number of unbranched alkanes of at least 4 members (excludes halogenated alkanes) is 1. The van der Waals surface area contributed by atoms with Gasteiger partial charge in [0.1, 0.15) is 5.82 Å². The lowest BCUT2D eigenvalue weighted by molar-refractivity contribution is 0.598. The maximum absolute atomic E-state index is 11.8. The van der Waals surface area contributed by atoms with Crippen LogP contribution in [0.5, 0.6) is 0 Å². The Balaban J connectivity index is 1.90. The monoisotopic (exact) mass is 333 g/mol. The average molecular weight is 333 g/mol. The van der Waals surface area contributed by atoms with Gasteiger partial charge in [-0.1, -0.05) is 43.2 Å². The SMILES string of the molecule is CCCCS(=O)(=O)Nc1ccc(NCc2ccc(C)cc2)nc1. The molecule has 2 rings (SSSR count). The van der Waals surface area contributed by atoms with Crippen molar-refractivity contribution >= 4 is 21.5 Å². The summed E-state index contributed by atoms with van der Waals surface area (Å²) in [6, 6.07) is 11.8. The van der Waals surface area contributed by atoms with Gasteiger partial charge in [0.05, 0.1) is 17.6 Å². The number of rotatable bonds is 8. The molecule has 124 valence electrons. The lowest BCUT2D eigenvalue weighted by Crippen LogP contribution is -2.16. The van der Waals surface area contributed by atoms with Crippen LogP contribution in [0.3, 0.4) is 0 Å². The van der Waals surface area contributed by atoms with Crippen molar-refractivity contribution in [1.29, 1.82) is 0 Å². The molecule has 0 spiro atoms. The van der Waals surface area contributed by atoms with Crippen molar-refractivity contribution in [2.45, 2.75) is 33.2 Å². The standard InChI is InChI=1S/C17H23N3O2S/c1-3-4-11-23(21,22)20-16-9-10-17(19-13-16)18-12-15-7-5-14(2)6-8-15/h5-10,13,20H,3-4,11-12H2,1-2H3,(H,18,19). The summed E-state index contributed by atoms with van der Waals surface area (Å²) in [6.45, 7) is 4.69. The molecular formula is C17H23N3O2S. The van der Waals surface area contributed by atoms with Crippen LogP contribution < -0.4 is 10.0 Å². The van der Waals surface area contributed by atoms with Gasteiger partial charge in [0.15, 0.2) is 0 Å². The Morgan fingerprint density at radius 3 is 2.43 bits per heavy atom. The number of benzene rings is 1. The van der Waals surface area contributed by atoms with Crippen LogP contribution in [0, 0.1) is 6.92 Å². The maximum atomic E-state index is 11.8. The van der Waals surface area contributed by atoms with E-state index in [0.717, 1.165) is 6.42 Å². The fraction of sp³-hybridized carbons (Fsp3) is 0.353. The van der Waals surface area contributed by atoms with Crippen molar-refractivity contribution in [3.63, 3.8) is 0 Å². The van der Waals surface area contributed by atoms with Crippen LogP contribution in [0.4, 0.5) is 11.5 Å². The third-order valence-electron chi connectivity index (χ3n) is 3.40. The largest absolute Gasteiger partial charge is 0.366 e. The van der Waals surface area contributed by atoms with Crippen LogP contribution in [0.15, 0.2) is 42.6 Å². The molecule has 23 heavy (non-hydrogen) atoms. The summed E-state index contributed by atoms with van der Waals surface area (Å²) < 4.78 is 26.2. The van der Waals surface area contributed by atoms with E-state index in [1.165, 1.54) is 17.3 Å². The number of aryl methyl sites for hydroxylation is 1. The van der Waals surface area contributed by atoms with Gasteiger partial charge in [-0.25, -0.2) is 13.4 Å². The van der Waals surface area contributed by atoms with Crippen molar-refractivity contribution in [3.8, 4) is 0 Å². The van der Waals surface area contributed by atoms with Crippen molar-refractivity contribution < 1.29 is 8.42 Å². The van der Waals surface area contributed by atoms with Crippen molar-refractivity contribution in [1.82, 2.24) is 4.98 Å². The number of anilines is 2. The summed E-state index contributed by atoms with van der Waals surface area (Å²) in [5.74, 6) is 0.846. The van der Waals surface area contributed by atoms with Crippen molar-refractivity contribution in [2.24, 2.45) is 0 Å². The number of nitrogens with zero attached hydrogens (tertiary/aromatic N) is 1. The van der Waals surface area contributed by atoms with E-state index in [9.17, 15) is 8.42 Å². The van der Waals surface area contributed by atoms with Gasteiger partial charge >= 0.3 is 0 Å². The lowest BCUT2D eigenvalue weighted by Gasteiger charge is -2.09. The first-order chi connectivity index (χ1) is 11.0. The Morgan fingerprint density at radius 2 is 1.83 bits per heavy atom. The number of aromatic nitrogens is 1. The van der Waals surface area contributed by atoms with Gasteiger partial charge in [-0.3, -0.25) is 4.72 Å². The van der Waals surface area contributed by atoms with Crippen LogP contribution in [-0.2, 0) is 16.6 Å². The summed E-state index contributed by atoms with van der Waals surface area (Å²) >= 11 is 0. The van der Waals surface area contributed by atoms with Crippen LogP contribution in [-0.4, -0.2) is 19.2 Å². The molecule has 0 aliphatic heterocycles. The molecule has 0 aliphatic rings. The molecule has 0 radical (unpaired) electrons. The van der Waals surface area contributed by atoms with E-state index >= 15 is 0 Å². The highest BCUT2D eigenvalue weighted by molar-refractivity contribution is 7.92. The van der Waals surface area contributed by atoms with Gasteiger partial charge in [-0.2, -0.15) is 0 Å². The number of nitrogens with one attached hydrogen (secondary N) is 2. The zero-order chi connectivity index (χ0) is 16.7. The van der Waals surface area contributed by atoms with E-state index in [4.69, 9.17) is 0 Å². The first-order valence-electron chi connectivity index (χ1n) is 7.74. The van der Waals surface area contributed by atoms with Crippen LogP contribution >= 0.6 is 0 Å². The van der Waals surface area contributed by atoms with Crippen molar-refractivity contribution in [2.75, 3.05) is 15.8 Å². The van der Waals surface area contributed by atoms with E-state index in [2.05, 4.69) is 46.2 Å². The molecule has 5 nitrogen and oxygen atoms in total. The highest BCUT2D eigenvalue weighted by atomic mass is 32.2. The van der Waals surface area contributed by atoms with Crippen LogP contribution in [0.2, 0.25) is 0 Å². The highest BCUT2D eigenvalue weighted by Gasteiger charge is 2.09. The minimum absolute atomic E-state index is 0.136. The van der Waals surface area contributed by atoms with Gasteiger partial charge in [0.2, 0.25) is 10.0 Å². The normalized spacial score (nSPS) is 11.2. The molecular weight excluding hydrogens is 310 g/mol. The van der Waals surface area contributed by atoms with Crippen LogP contribution in [0.1, 0.15) is 30.9 Å². The Morgan fingerprint density at radius 1 is 1.09 bits per heavy atom. The van der Waals surface area contributed by atoms with E-state index in [1.807, 2.05) is 6.92 Å². The molecule has 1 aromatic carbocycles. The van der Waals surface area contributed by atoms with E-state index < -0.39 is 10.0 Å². The molecule has 0 bridgehead atoms. The summed E-state index contributed by atoms with van der Waals surface area (Å²) in [5.41, 5.74) is 2.88. The Labute approximate surface area is 138 Å². The fourth-order valence-electron chi connectivity index (χ4n) is 2.02. The summed E-state index contributed by atoms with van der Waals surface area (Å²) in [5, 5.41) is 3.22. The Kier molecular flexibility index (Phi) is 5.98. The Hall–Kier alpha value is -2.08. The molecule has 1 aromatic heterocycles. The second kappa shape index (κ2) is 7.97. The minimum Gasteiger partial charge on any atom is -0.366 e. The molecule has 0 saturated carbocycles.